The van der Waals surface area contributed by atoms with Crippen LogP contribution in [0.4, 0.5) is 17.1 Å². The lowest BCUT2D eigenvalue weighted by Crippen LogP contribution is -2.15. The number of fused-ring (bicyclic) bond motifs is 9. The second-order valence-corrected chi connectivity index (χ2v) is 21.6. The molecule has 0 amide bonds. The maximum atomic E-state index is 2.57. The molecule has 0 bridgehead atoms. The van der Waals surface area contributed by atoms with E-state index in [-0.39, 0.29) is 10.8 Å². The van der Waals surface area contributed by atoms with Gasteiger partial charge in [0.1, 0.15) is 0 Å². The molecule has 0 saturated carbocycles. The van der Waals surface area contributed by atoms with Crippen molar-refractivity contribution >= 4 is 38.9 Å². The van der Waals surface area contributed by atoms with Crippen molar-refractivity contribution in [3.05, 3.63) is 265 Å². The van der Waals surface area contributed by atoms with E-state index in [1.807, 2.05) is 0 Å². The van der Waals surface area contributed by atoms with E-state index >= 15 is 0 Å². The summed E-state index contributed by atoms with van der Waals surface area (Å²) >= 11 is 0. The highest BCUT2D eigenvalue weighted by Crippen LogP contribution is 2.59. The Labute approximate surface area is 433 Å². The van der Waals surface area contributed by atoms with Crippen LogP contribution in [-0.2, 0) is 10.8 Å². The van der Waals surface area contributed by atoms with E-state index in [9.17, 15) is 0 Å². The number of para-hydroxylation sites is 1. The summed E-state index contributed by atoms with van der Waals surface area (Å²) in [4.78, 5) is 2.49. The molecule has 350 valence electrons. The lowest BCUT2D eigenvalue weighted by molar-refractivity contribution is 0.660. The van der Waals surface area contributed by atoms with E-state index in [1.165, 1.54) is 122 Å². The molecule has 74 heavy (non-hydrogen) atoms. The molecule has 11 aromatic carbocycles. The first kappa shape index (κ1) is 42.7. The summed E-state index contributed by atoms with van der Waals surface area (Å²) in [6, 6.07) is 90.8. The minimum absolute atomic E-state index is 0.0940. The van der Waals surface area contributed by atoms with Crippen molar-refractivity contribution in [3.63, 3.8) is 0 Å². The molecule has 0 atom stereocenters. The summed E-state index contributed by atoms with van der Waals surface area (Å²) < 4.78 is 2.57. The number of hydrogen-bond acceptors (Lipinski definition) is 1. The molecule has 3 aliphatic rings. The van der Waals surface area contributed by atoms with Gasteiger partial charge in [0.05, 0.1) is 22.4 Å². The zero-order valence-electron chi connectivity index (χ0n) is 42.0. The zero-order chi connectivity index (χ0) is 49.5. The topological polar surface area (TPSA) is 8.17 Å². The normalized spacial score (nSPS) is 13.9. The Hall–Kier alpha value is -8.98. The number of rotatable bonds is 7. The van der Waals surface area contributed by atoms with Gasteiger partial charge in [0.15, 0.2) is 0 Å². The van der Waals surface area contributed by atoms with E-state index in [2.05, 4.69) is 280 Å². The first-order chi connectivity index (χ1) is 36.2. The van der Waals surface area contributed by atoms with Crippen molar-refractivity contribution in [2.45, 2.75) is 38.5 Å². The fourth-order valence-electron chi connectivity index (χ4n) is 13.4. The third-order valence-corrected chi connectivity index (χ3v) is 16.9. The SMILES string of the molecule is CC1(C)c2ccccc2-c2cc(N(c3cccc(-c4cccc(-c5ccc6c(c5)-n5c7ccccc7c7ccc8c(c75)-c5c-6cccc5C8(C)C)c4)c3)c3cccc(-c4ccccc4)c3-c3ccccc3)ccc21. The zero-order valence-corrected chi connectivity index (χ0v) is 42.0. The van der Waals surface area contributed by atoms with Crippen molar-refractivity contribution in [2.75, 3.05) is 4.90 Å². The second-order valence-electron chi connectivity index (χ2n) is 21.6. The van der Waals surface area contributed by atoms with Crippen LogP contribution in [0.3, 0.4) is 0 Å². The van der Waals surface area contributed by atoms with Gasteiger partial charge in [0.25, 0.3) is 0 Å². The Morgan fingerprint density at radius 1 is 0.311 bits per heavy atom. The highest BCUT2D eigenvalue weighted by molar-refractivity contribution is 6.19. The number of hydrogen-bond donors (Lipinski definition) is 0. The third-order valence-electron chi connectivity index (χ3n) is 16.9. The lowest BCUT2D eigenvalue weighted by atomic mass is 9.81. The molecule has 0 fully saturated rings. The van der Waals surface area contributed by atoms with Gasteiger partial charge in [-0.2, -0.15) is 0 Å². The lowest BCUT2D eigenvalue weighted by Gasteiger charge is -2.30. The molecule has 0 saturated heterocycles. The predicted molar refractivity (Wildman–Crippen MR) is 311 cm³/mol. The second kappa shape index (κ2) is 15.8. The Morgan fingerprint density at radius 3 is 1.70 bits per heavy atom. The maximum absolute atomic E-state index is 2.57. The van der Waals surface area contributed by atoms with Crippen LogP contribution in [0.1, 0.15) is 49.9 Å². The maximum Gasteiger partial charge on any atom is 0.0623 e. The van der Waals surface area contributed by atoms with Gasteiger partial charge in [-0.05, 0) is 132 Å². The first-order valence-corrected chi connectivity index (χ1v) is 26.1. The molecule has 2 aliphatic carbocycles. The van der Waals surface area contributed by atoms with Gasteiger partial charge in [-0.1, -0.05) is 222 Å². The summed E-state index contributed by atoms with van der Waals surface area (Å²) in [5, 5.41) is 2.60. The van der Waals surface area contributed by atoms with Crippen molar-refractivity contribution < 1.29 is 0 Å². The summed E-state index contributed by atoms with van der Waals surface area (Å²) in [7, 11) is 0. The Bertz CT molecular complexity index is 4300. The summed E-state index contributed by atoms with van der Waals surface area (Å²) in [6.07, 6.45) is 0. The highest BCUT2D eigenvalue weighted by Gasteiger charge is 2.41. The van der Waals surface area contributed by atoms with E-state index < -0.39 is 0 Å². The molecule has 2 nitrogen and oxygen atoms in total. The van der Waals surface area contributed by atoms with Gasteiger partial charge in [-0.3, -0.25) is 0 Å². The molecule has 15 rings (SSSR count). The molecule has 1 aliphatic heterocycles. The van der Waals surface area contributed by atoms with E-state index in [0.29, 0.717) is 0 Å². The van der Waals surface area contributed by atoms with Crippen molar-refractivity contribution in [2.24, 2.45) is 0 Å². The summed E-state index contributed by atoms with van der Waals surface area (Å²) in [5.74, 6) is 0. The largest absolute Gasteiger partial charge is 0.310 e. The Morgan fingerprint density at radius 2 is 0.878 bits per heavy atom. The molecule has 0 unspecified atom stereocenters. The van der Waals surface area contributed by atoms with Crippen LogP contribution in [0.25, 0.3) is 105 Å². The van der Waals surface area contributed by atoms with Crippen LogP contribution in [0, 0.1) is 0 Å². The van der Waals surface area contributed by atoms with Crippen LogP contribution >= 0.6 is 0 Å². The number of benzene rings is 11. The molecule has 0 radical (unpaired) electrons. The molecule has 0 N–H and O–H groups in total. The average Bonchev–Trinajstić information content (AvgIpc) is 4.06. The minimum Gasteiger partial charge on any atom is -0.310 e. The van der Waals surface area contributed by atoms with Crippen LogP contribution < -0.4 is 4.90 Å². The summed E-state index contributed by atoms with van der Waals surface area (Å²) in [6.45, 7) is 9.50. The molecule has 0 spiro atoms. The predicted octanol–water partition coefficient (Wildman–Crippen LogP) is 19.5. The molecule has 2 heterocycles. The highest BCUT2D eigenvalue weighted by atomic mass is 15.1. The van der Waals surface area contributed by atoms with Gasteiger partial charge in [-0.25, -0.2) is 0 Å². The molecule has 12 aromatic rings. The summed E-state index contributed by atoms with van der Waals surface area (Å²) in [5.41, 5.74) is 29.9. The van der Waals surface area contributed by atoms with Gasteiger partial charge < -0.3 is 9.47 Å². The third kappa shape index (κ3) is 6.06. The fraction of sp³-hybridized carbons (Fsp3) is 0.0833. The number of anilines is 3. The Kier molecular flexibility index (Phi) is 9.09. The minimum atomic E-state index is -0.102. The van der Waals surface area contributed by atoms with Gasteiger partial charge in [-0.15, -0.1) is 0 Å². The average molecular weight is 945 g/mol. The van der Waals surface area contributed by atoms with Crippen molar-refractivity contribution in [1.82, 2.24) is 4.57 Å². The molecular formula is C72H52N2. The molecule has 2 heteroatoms. The smallest absolute Gasteiger partial charge is 0.0623 e. The van der Waals surface area contributed by atoms with Crippen LogP contribution in [0.5, 0.6) is 0 Å². The molecule has 1 aromatic heterocycles. The van der Waals surface area contributed by atoms with Crippen LogP contribution in [0.15, 0.2) is 243 Å². The first-order valence-electron chi connectivity index (χ1n) is 26.1. The quantitative estimate of drug-likeness (QED) is 0.155. The van der Waals surface area contributed by atoms with Crippen molar-refractivity contribution in [3.8, 4) is 83.6 Å². The van der Waals surface area contributed by atoms with Crippen molar-refractivity contribution in [1.29, 1.82) is 0 Å². The van der Waals surface area contributed by atoms with E-state index in [4.69, 9.17) is 0 Å². The van der Waals surface area contributed by atoms with E-state index in [0.717, 1.165) is 22.6 Å². The number of aromatic nitrogens is 1. The van der Waals surface area contributed by atoms with Gasteiger partial charge in [0.2, 0.25) is 0 Å². The monoisotopic (exact) mass is 944 g/mol. The Balaban J connectivity index is 0.904. The molecular weight excluding hydrogens is 893 g/mol. The van der Waals surface area contributed by atoms with Crippen LogP contribution in [-0.4, -0.2) is 4.57 Å². The van der Waals surface area contributed by atoms with Crippen LogP contribution in [0.2, 0.25) is 0 Å². The standard InChI is InChI=1S/C72H52N2/c1-71(2)60-31-13-11-27-54(60)59-44-52(36-39-61(59)71)73(65-34-18-29-53(45-19-7-5-8-20-45)67(65)46-21-9-6-10-22-46)51-26-16-25-49(42-51)47-23-15-24-48(41-47)50-35-37-56-57-30-17-32-62-68(57)69-63(72(62,3)4)40-38-58-55-28-12-14-33-64(55)74(70(58)69)66(56)43-50/h5-44H,1-4H3. The fourth-order valence-corrected chi connectivity index (χ4v) is 13.4. The van der Waals surface area contributed by atoms with Gasteiger partial charge in [0, 0.05) is 49.7 Å². The van der Waals surface area contributed by atoms with Gasteiger partial charge >= 0.3 is 0 Å². The van der Waals surface area contributed by atoms with E-state index in [1.54, 1.807) is 0 Å². The number of nitrogens with zero attached hydrogens (tertiary/aromatic N) is 2.